The predicted molar refractivity (Wildman–Crippen MR) is 97.7 cm³/mol. The number of carbonyl (C=O) groups is 1. The molecule has 130 valence electrons. The number of anilines is 1. The summed E-state index contributed by atoms with van der Waals surface area (Å²) in [5.41, 5.74) is 2.38. The number of benzene rings is 1. The summed E-state index contributed by atoms with van der Waals surface area (Å²) >= 11 is 5.89. The fourth-order valence-electron chi connectivity index (χ4n) is 2.70. The Morgan fingerprint density at radius 3 is 2.88 bits per heavy atom. The number of hydrogen-bond donors (Lipinski definition) is 1. The standard InChI is InChI=1S/C18H20ClN5O/c1-3-16(24-12-15(19)10-20-24)18(25)21-17-7-8-23(22-17)11-14-6-4-5-13(2)9-14/h4-10,12,16H,3,11H2,1-2H3,(H,21,22,25). The summed E-state index contributed by atoms with van der Waals surface area (Å²) in [6.45, 7) is 4.64. The van der Waals surface area contributed by atoms with Gasteiger partial charge in [-0.15, -0.1) is 0 Å². The summed E-state index contributed by atoms with van der Waals surface area (Å²) in [5.74, 6) is 0.359. The largest absolute Gasteiger partial charge is 0.307 e. The van der Waals surface area contributed by atoms with Crippen LogP contribution in [0.2, 0.25) is 5.02 Å². The number of amides is 1. The maximum Gasteiger partial charge on any atom is 0.250 e. The smallest absolute Gasteiger partial charge is 0.250 e. The van der Waals surface area contributed by atoms with Gasteiger partial charge in [0, 0.05) is 18.5 Å². The number of nitrogens with zero attached hydrogens (tertiary/aromatic N) is 4. The third kappa shape index (κ3) is 4.28. The van der Waals surface area contributed by atoms with Crippen LogP contribution in [0.25, 0.3) is 0 Å². The number of carbonyl (C=O) groups excluding carboxylic acids is 1. The first-order valence-corrected chi connectivity index (χ1v) is 8.52. The summed E-state index contributed by atoms with van der Waals surface area (Å²) in [5, 5.41) is 11.9. The molecule has 7 heteroatoms. The number of aryl methyl sites for hydroxylation is 1. The number of hydrogen-bond acceptors (Lipinski definition) is 3. The van der Waals surface area contributed by atoms with E-state index in [-0.39, 0.29) is 5.91 Å². The second-order valence-corrected chi connectivity index (χ2v) is 6.38. The van der Waals surface area contributed by atoms with Crippen molar-refractivity contribution in [1.82, 2.24) is 19.6 Å². The van der Waals surface area contributed by atoms with Crippen LogP contribution in [0.15, 0.2) is 48.9 Å². The van der Waals surface area contributed by atoms with Crippen LogP contribution in [-0.2, 0) is 11.3 Å². The summed E-state index contributed by atoms with van der Waals surface area (Å²) in [7, 11) is 0. The highest BCUT2D eigenvalue weighted by molar-refractivity contribution is 6.30. The molecule has 0 saturated carbocycles. The van der Waals surface area contributed by atoms with Crippen LogP contribution < -0.4 is 5.32 Å². The van der Waals surface area contributed by atoms with E-state index in [1.807, 2.05) is 19.2 Å². The minimum atomic E-state index is -0.422. The van der Waals surface area contributed by atoms with Gasteiger partial charge in [0.25, 0.3) is 0 Å². The lowest BCUT2D eigenvalue weighted by atomic mass is 10.1. The molecule has 0 fully saturated rings. The fourth-order valence-corrected chi connectivity index (χ4v) is 2.85. The number of nitrogens with one attached hydrogen (secondary N) is 1. The summed E-state index contributed by atoms with van der Waals surface area (Å²) < 4.78 is 3.37. The van der Waals surface area contributed by atoms with Gasteiger partial charge in [0.1, 0.15) is 6.04 Å². The molecule has 0 aliphatic carbocycles. The monoisotopic (exact) mass is 357 g/mol. The SMILES string of the molecule is CCC(C(=O)Nc1ccn(Cc2cccc(C)c2)n1)n1cc(Cl)cn1. The third-order valence-electron chi connectivity index (χ3n) is 3.90. The number of aromatic nitrogens is 4. The fraction of sp³-hybridized carbons (Fsp3) is 0.278. The van der Waals surface area contributed by atoms with Crippen molar-refractivity contribution in [3.63, 3.8) is 0 Å². The van der Waals surface area contributed by atoms with Crippen molar-refractivity contribution < 1.29 is 4.79 Å². The maximum absolute atomic E-state index is 12.5. The normalized spacial score (nSPS) is 12.1. The average Bonchev–Trinajstić information content (AvgIpc) is 3.17. The van der Waals surface area contributed by atoms with Gasteiger partial charge in [-0.1, -0.05) is 48.4 Å². The van der Waals surface area contributed by atoms with Crippen LogP contribution in [0.1, 0.15) is 30.5 Å². The van der Waals surface area contributed by atoms with Gasteiger partial charge in [0.05, 0.1) is 17.8 Å². The summed E-state index contributed by atoms with van der Waals surface area (Å²) in [6, 6.07) is 9.63. The van der Waals surface area contributed by atoms with E-state index in [0.29, 0.717) is 23.8 Å². The zero-order valence-electron chi connectivity index (χ0n) is 14.2. The predicted octanol–water partition coefficient (Wildman–Crippen LogP) is 3.68. The molecule has 1 amide bonds. The first-order valence-electron chi connectivity index (χ1n) is 8.14. The van der Waals surface area contributed by atoms with Crippen LogP contribution in [0.5, 0.6) is 0 Å². The van der Waals surface area contributed by atoms with E-state index < -0.39 is 6.04 Å². The Bertz CT molecular complexity index is 870. The summed E-state index contributed by atoms with van der Waals surface area (Å²) in [6.07, 6.45) is 5.62. The minimum absolute atomic E-state index is 0.164. The van der Waals surface area contributed by atoms with Crippen molar-refractivity contribution in [3.05, 3.63) is 65.1 Å². The van der Waals surface area contributed by atoms with Gasteiger partial charge in [0.2, 0.25) is 5.91 Å². The van der Waals surface area contributed by atoms with E-state index in [1.165, 1.54) is 17.3 Å². The van der Waals surface area contributed by atoms with Gasteiger partial charge in [-0.3, -0.25) is 14.2 Å². The van der Waals surface area contributed by atoms with Crippen molar-refractivity contribution >= 4 is 23.3 Å². The zero-order chi connectivity index (χ0) is 17.8. The molecule has 0 aliphatic heterocycles. The maximum atomic E-state index is 12.5. The molecule has 2 aromatic heterocycles. The Hall–Kier alpha value is -2.60. The molecule has 3 rings (SSSR count). The molecule has 1 atom stereocenters. The van der Waals surface area contributed by atoms with E-state index in [0.717, 1.165) is 0 Å². The van der Waals surface area contributed by atoms with Gasteiger partial charge in [-0.25, -0.2) is 0 Å². The molecular weight excluding hydrogens is 338 g/mol. The van der Waals surface area contributed by atoms with Crippen LogP contribution in [0, 0.1) is 6.92 Å². The zero-order valence-corrected chi connectivity index (χ0v) is 14.9. The lowest BCUT2D eigenvalue weighted by Crippen LogP contribution is -2.26. The molecule has 0 spiro atoms. The van der Waals surface area contributed by atoms with Crippen molar-refractivity contribution in [2.45, 2.75) is 32.9 Å². The molecule has 3 aromatic rings. The van der Waals surface area contributed by atoms with Crippen molar-refractivity contribution in [1.29, 1.82) is 0 Å². The Kier molecular flexibility index (Phi) is 5.19. The van der Waals surface area contributed by atoms with Gasteiger partial charge < -0.3 is 5.32 Å². The van der Waals surface area contributed by atoms with Crippen LogP contribution >= 0.6 is 11.6 Å². The highest BCUT2D eigenvalue weighted by Crippen LogP contribution is 2.17. The van der Waals surface area contributed by atoms with E-state index in [4.69, 9.17) is 11.6 Å². The first-order chi connectivity index (χ1) is 12.0. The molecule has 0 bridgehead atoms. The van der Waals surface area contributed by atoms with Crippen LogP contribution in [0.3, 0.4) is 0 Å². The minimum Gasteiger partial charge on any atom is -0.307 e. The number of rotatable bonds is 6. The molecule has 2 heterocycles. The molecular formula is C18H20ClN5O. The summed E-state index contributed by atoms with van der Waals surface area (Å²) in [4.78, 5) is 12.5. The Labute approximate surface area is 151 Å². The van der Waals surface area contributed by atoms with Crippen LogP contribution in [-0.4, -0.2) is 25.5 Å². The molecule has 1 N–H and O–H groups in total. The van der Waals surface area contributed by atoms with Crippen molar-refractivity contribution in [2.24, 2.45) is 0 Å². The van der Waals surface area contributed by atoms with E-state index in [2.05, 4.69) is 40.6 Å². The molecule has 25 heavy (non-hydrogen) atoms. The lowest BCUT2D eigenvalue weighted by molar-refractivity contribution is -0.119. The molecule has 1 aromatic carbocycles. The molecule has 0 radical (unpaired) electrons. The quantitative estimate of drug-likeness (QED) is 0.731. The molecule has 0 saturated heterocycles. The van der Waals surface area contributed by atoms with Crippen molar-refractivity contribution in [3.8, 4) is 0 Å². The third-order valence-corrected chi connectivity index (χ3v) is 4.09. The Morgan fingerprint density at radius 2 is 2.20 bits per heavy atom. The average molecular weight is 358 g/mol. The number of halogens is 1. The van der Waals surface area contributed by atoms with Crippen LogP contribution in [0.4, 0.5) is 5.82 Å². The Morgan fingerprint density at radius 1 is 1.36 bits per heavy atom. The first kappa shape index (κ1) is 17.2. The van der Waals surface area contributed by atoms with E-state index >= 15 is 0 Å². The van der Waals surface area contributed by atoms with Gasteiger partial charge in [0.15, 0.2) is 5.82 Å². The highest BCUT2D eigenvalue weighted by Gasteiger charge is 2.20. The van der Waals surface area contributed by atoms with Gasteiger partial charge >= 0.3 is 0 Å². The van der Waals surface area contributed by atoms with Gasteiger partial charge in [-0.2, -0.15) is 10.2 Å². The Balaban J connectivity index is 1.67. The van der Waals surface area contributed by atoms with E-state index in [9.17, 15) is 4.79 Å². The molecule has 1 unspecified atom stereocenters. The molecule has 0 aliphatic rings. The topological polar surface area (TPSA) is 64.7 Å². The van der Waals surface area contributed by atoms with Crippen molar-refractivity contribution in [2.75, 3.05) is 5.32 Å². The second-order valence-electron chi connectivity index (χ2n) is 5.94. The molecule has 6 nitrogen and oxygen atoms in total. The van der Waals surface area contributed by atoms with Gasteiger partial charge in [-0.05, 0) is 18.9 Å². The lowest BCUT2D eigenvalue weighted by Gasteiger charge is -2.14. The van der Waals surface area contributed by atoms with E-state index in [1.54, 1.807) is 21.6 Å². The highest BCUT2D eigenvalue weighted by atomic mass is 35.5. The second kappa shape index (κ2) is 7.53.